The summed E-state index contributed by atoms with van der Waals surface area (Å²) in [5.41, 5.74) is 1.34. The van der Waals surface area contributed by atoms with Gasteiger partial charge in [-0.3, -0.25) is 0 Å². The van der Waals surface area contributed by atoms with Crippen molar-refractivity contribution in [3.63, 3.8) is 0 Å². The number of nitrogens with zero attached hydrogens (tertiary/aromatic N) is 3. The fourth-order valence-electron chi connectivity index (χ4n) is 2.56. The van der Waals surface area contributed by atoms with Crippen molar-refractivity contribution in [2.45, 2.75) is 45.1 Å². The minimum Gasteiger partial charge on any atom is -0.242 e. The van der Waals surface area contributed by atoms with E-state index in [2.05, 4.69) is 53.8 Å². The molecule has 0 N–H and O–H groups in total. The van der Waals surface area contributed by atoms with Crippen LogP contribution in [0.3, 0.4) is 0 Å². The van der Waals surface area contributed by atoms with Gasteiger partial charge in [0.1, 0.15) is 5.82 Å². The summed E-state index contributed by atoms with van der Waals surface area (Å²) in [5, 5.41) is 4.72. The van der Waals surface area contributed by atoms with Crippen LogP contribution in [0.2, 0.25) is 0 Å². The molecule has 0 saturated heterocycles. The highest BCUT2D eigenvalue weighted by Gasteiger charge is 2.27. The molecule has 1 aliphatic heterocycles. The Bertz CT molecular complexity index is 530. The molecule has 0 bridgehead atoms. The first kappa shape index (κ1) is 11.5. The van der Waals surface area contributed by atoms with Crippen molar-refractivity contribution in [1.82, 2.24) is 14.8 Å². The number of hydrogen-bond acceptors (Lipinski definition) is 2. The molecule has 0 spiro atoms. The normalized spacial score (nSPS) is 19.8. The third kappa shape index (κ3) is 1.84. The molecule has 0 saturated carbocycles. The summed E-state index contributed by atoms with van der Waals surface area (Å²) < 4.78 is 2.14. The topological polar surface area (TPSA) is 30.7 Å². The average Bonchev–Trinajstić information content (AvgIpc) is 2.98. The van der Waals surface area contributed by atoms with Crippen molar-refractivity contribution in [3.8, 4) is 0 Å². The molecule has 0 amide bonds. The minimum atomic E-state index is 0.381. The molecule has 2 unspecified atom stereocenters. The number of aromatic nitrogens is 3. The van der Waals surface area contributed by atoms with Gasteiger partial charge in [-0.1, -0.05) is 44.2 Å². The summed E-state index contributed by atoms with van der Waals surface area (Å²) in [6, 6.07) is 11.0. The average molecular weight is 241 g/mol. The van der Waals surface area contributed by atoms with Crippen LogP contribution in [0.25, 0.3) is 0 Å². The molecular weight excluding hydrogens is 222 g/mol. The summed E-state index contributed by atoms with van der Waals surface area (Å²) in [6.45, 7) is 4.38. The second-order valence-corrected chi connectivity index (χ2v) is 5.11. The van der Waals surface area contributed by atoms with E-state index < -0.39 is 0 Å². The summed E-state index contributed by atoms with van der Waals surface area (Å²) in [7, 11) is 0. The molecule has 2 aromatic rings. The van der Waals surface area contributed by atoms with E-state index in [0.717, 1.165) is 30.9 Å². The van der Waals surface area contributed by atoms with E-state index in [1.54, 1.807) is 0 Å². The van der Waals surface area contributed by atoms with Gasteiger partial charge in [0, 0.05) is 12.3 Å². The maximum atomic E-state index is 4.72. The number of fused-ring (bicyclic) bond motifs is 1. The first-order chi connectivity index (χ1) is 8.79. The van der Waals surface area contributed by atoms with Crippen molar-refractivity contribution < 1.29 is 0 Å². The van der Waals surface area contributed by atoms with Crippen LogP contribution in [0.5, 0.6) is 0 Å². The SMILES string of the molecule is CCC(C)c1nc2n(n1)C(c1ccccc1)CC2. The fourth-order valence-corrected chi connectivity index (χ4v) is 2.56. The largest absolute Gasteiger partial charge is 0.242 e. The van der Waals surface area contributed by atoms with E-state index in [1.165, 1.54) is 5.56 Å². The van der Waals surface area contributed by atoms with Crippen molar-refractivity contribution in [1.29, 1.82) is 0 Å². The molecule has 1 aromatic carbocycles. The monoisotopic (exact) mass is 241 g/mol. The molecule has 0 fully saturated rings. The number of hydrogen-bond donors (Lipinski definition) is 0. The molecule has 2 heterocycles. The van der Waals surface area contributed by atoms with Gasteiger partial charge in [-0.2, -0.15) is 5.10 Å². The highest BCUT2D eigenvalue weighted by Crippen LogP contribution is 2.31. The van der Waals surface area contributed by atoms with Crippen molar-refractivity contribution in [3.05, 3.63) is 47.5 Å². The molecule has 0 aliphatic carbocycles. The van der Waals surface area contributed by atoms with E-state index in [9.17, 15) is 0 Å². The van der Waals surface area contributed by atoms with E-state index in [-0.39, 0.29) is 0 Å². The van der Waals surface area contributed by atoms with Crippen LogP contribution in [0, 0.1) is 0 Å². The lowest BCUT2D eigenvalue weighted by Crippen LogP contribution is -2.08. The van der Waals surface area contributed by atoms with Crippen molar-refractivity contribution >= 4 is 0 Å². The highest BCUT2D eigenvalue weighted by atomic mass is 15.4. The standard InChI is InChI=1S/C15H19N3/c1-3-11(2)15-16-14-10-9-13(18(14)17-15)12-7-5-4-6-8-12/h4-8,11,13H,3,9-10H2,1-2H3. The zero-order chi connectivity index (χ0) is 12.5. The minimum absolute atomic E-state index is 0.381. The lowest BCUT2D eigenvalue weighted by molar-refractivity contribution is 0.537. The Kier molecular flexibility index (Phi) is 2.90. The maximum Gasteiger partial charge on any atom is 0.153 e. The number of rotatable bonds is 3. The second-order valence-electron chi connectivity index (χ2n) is 5.11. The van der Waals surface area contributed by atoms with Gasteiger partial charge in [0.05, 0.1) is 6.04 Å². The number of benzene rings is 1. The van der Waals surface area contributed by atoms with Crippen LogP contribution in [-0.2, 0) is 6.42 Å². The molecular formula is C15H19N3. The van der Waals surface area contributed by atoms with Gasteiger partial charge >= 0.3 is 0 Å². The predicted molar refractivity (Wildman–Crippen MR) is 71.6 cm³/mol. The third-order valence-corrected chi connectivity index (χ3v) is 3.89. The van der Waals surface area contributed by atoms with Crippen molar-refractivity contribution in [2.75, 3.05) is 0 Å². The smallest absolute Gasteiger partial charge is 0.153 e. The molecule has 1 aliphatic rings. The Morgan fingerprint density at radius 3 is 2.83 bits per heavy atom. The molecule has 94 valence electrons. The summed E-state index contributed by atoms with van der Waals surface area (Å²) in [4.78, 5) is 4.69. The summed E-state index contributed by atoms with van der Waals surface area (Å²) in [5.74, 6) is 2.62. The zero-order valence-corrected chi connectivity index (χ0v) is 11.0. The Morgan fingerprint density at radius 2 is 2.11 bits per heavy atom. The molecule has 1 aromatic heterocycles. The lowest BCUT2D eigenvalue weighted by Gasteiger charge is -2.12. The van der Waals surface area contributed by atoms with Gasteiger partial charge in [0.15, 0.2) is 5.82 Å². The first-order valence-electron chi connectivity index (χ1n) is 6.80. The van der Waals surface area contributed by atoms with E-state index >= 15 is 0 Å². The van der Waals surface area contributed by atoms with Crippen LogP contribution in [0.15, 0.2) is 30.3 Å². The Balaban J connectivity index is 1.94. The lowest BCUT2D eigenvalue weighted by atomic mass is 10.1. The highest BCUT2D eigenvalue weighted by molar-refractivity contribution is 5.22. The van der Waals surface area contributed by atoms with Crippen molar-refractivity contribution in [2.24, 2.45) is 0 Å². The van der Waals surface area contributed by atoms with Crippen LogP contribution in [0.1, 0.15) is 55.9 Å². The van der Waals surface area contributed by atoms with E-state index in [1.807, 2.05) is 0 Å². The van der Waals surface area contributed by atoms with Crippen LogP contribution in [0.4, 0.5) is 0 Å². The van der Waals surface area contributed by atoms with Gasteiger partial charge < -0.3 is 0 Å². The Hall–Kier alpha value is -1.64. The summed E-state index contributed by atoms with van der Waals surface area (Å²) >= 11 is 0. The van der Waals surface area contributed by atoms with Gasteiger partial charge in [-0.25, -0.2) is 9.67 Å². The third-order valence-electron chi connectivity index (χ3n) is 3.89. The van der Waals surface area contributed by atoms with Gasteiger partial charge in [-0.15, -0.1) is 0 Å². The molecule has 3 heteroatoms. The summed E-state index contributed by atoms with van der Waals surface area (Å²) in [6.07, 6.45) is 3.27. The zero-order valence-electron chi connectivity index (χ0n) is 11.0. The molecule has 18 heavy (non-hydrogen) atoms. The quantitative estimate of drug-likeness (QED) is 0.825. The molecule has 0 radical (unpaired) electrons. The second kappa shape index (κ2) is 4.56. The van der Waals surface area contributed by atoms with E-state index in [4.69, 9.17) is 5.10 Å². The predicted octanol–water partition coefficient (Wildman–Crippen LogP) is 3.33. The number of aryl methyl sites for hydroxylation is 1. The van der Waals surface area contributed by atoms with Crippen LogP contribution in [-0.4, -0.2) is 14.8 Å². The molecule has 3 nitrogen and oxygen atoms in total. The van der Waals surface area contributed by atoms with Gasteiger partial charge in [0.25, 0.3) is 0 Å². The van der Waals surface area contributed by atoms with Crippen LogP contribution < -0.4 is 0 Å². The van der Waals surface area contributed by atoms with E-state index in [0.29, 0.717) is 12.0 Å². The van der Waals surface area contributed by atoms with Gasteiger partial charge in [-0.05, 0) is 18.4 Å². The fraction of sp³-hybridized carbons (Fsp3) is 0.467. The maximum absolute atomic E-state index is 4.72. The first-order valence-corrected chi connectivity index (χ1v) is 6.80. The van der Waals surface area contributed by atoms with Crippen LogP contribution >= 0.6 is 0 Å². The van der Waals surface area contributed by atoms with Gasteiger partial charge in [0.2, 0.25) is 0 Å². The molecule has 3 rings (SSSR count). The molecule has 2 atom stereocenters. The Labute approximate surface area is 108 Å². The Morgan fingerprint density at radius 1 is 1.33 bits per heavy atom.